The number of hydroxylamine groups is 1. The monoisotopic (exact) mass is 244 g/mol. The zero-order valence-electron chi connectivity index (χ0n) is 10.7. The average molecular weight is 244 g/mol. The first kappa shape index (κ1) is 12.5. The Hall–Kier alpha value is -1.94. The predicted molar refractivity (Wildman–Crippen MR) is 70.0 cm³/mol. The van der Waals surface area contributed by atoms with Crippen LogP contribution in [0.2, 0.25) is 0 Å². The molecule has 0 aliphatic heterocycles. The summed E-state index contributed by atoms with van der Waals surface area (Å²) in [6.07, 6.45) is 1.68. The van der Waals surface area contributed by atoms with Crippen molar-refractivity contribution in [2.24, 2.45) is 0 Å². The Labute approximate surface area is 106 Å². The van der Waals surface area contributed by atoms with Gasteiger partial charge in [-0.15, -0.1) is 0 Å². The van der Waals surface area contributed by atoms with Crippen molar-refractivity contribution < 1.29 is 9.63 Å². The molecule has 1 amide bonds. The van der Waals surface area contributed by atoms with Gasteiger partial charge in [-0.3, -0.25) is 14.6 Å². The number of carbonyl (C=O) groups excluding carboxylic acids is 1. The lowest BCUT2D eigenvalue weighted by Gasteiger charge is -2.18. The van der Waals surface area contributed by atoms with Crippen LogP contribution in [0.5, 0.6) is 0 Å². The van der Waals surface area contributed by atoms with Gasteiger partial charge in [0.15, 0.2) is 0 Å². The fourth-order valence-electron chi connectivity index (χ4n) is 1.46. The number of nitrogens with one attached hydrogen (secondary N) is 1. The quantitative estimate of drug-likeness (QED) is 0.826. The van der Waals surface area contributed by atoms with E-state index in [9.17, 15) is 4.79 Å². The lowest BCUT2D eigenvalue weighted by Crippen LogP contribution is -2.33. The molecule has 0 bridgehead atoms. The molecule has 0 saturated heterocycles. The topological polar surface area (TPSA) is 51.2 Å². The first-order valence-electron chi connectivity index (χ1n) is 5.79. The molecule has 18 heavy (non-hydrogen) atoms. The summed E-state index contributed by atoms with van der Waals surface area (Å²) in [6, 6.07) is 9.51. The normalized spacial score (nSPS) is 11.5. The van der Waals surface area contributed by atoms with E-state index in [0.717, 1.165) is 10.8 Å². The van der Waals surface area contributed by atoms with Gasteiger partial charge < -0.3 is 0 Å². The van der Waals surface area contributed by atoms with Crippen LogP contribution < -0.4 is 5.48 Å². The van der Waals surface area contributed by atoms with E-state index in [1.165, 1.54) is 0 Å². The van der Waals surface area contributed by atoms with E-state index in [1.807, 2.05) is 45.0 Å². The van der Waals surface area contributed by atoms with Gasteiger partial charge >= 0.3 is 0 Å². The van der Waals surface area contributed by atoms with Gasteiger partial charge in [-0.1, -0.05) is 24.3 Å². The smallest absolute Gasteiger partial charge is 0.268 e. The van der Waals surface area contributed by atoms with Crippen LogP contribution in [0.15, 0.2) is 36.5 Å². The second-order valence-corrected chi connectivity index (χ2v) is 5.06. The minimum Gasteiger partial charge on any atom is -0.268 e. The number of carbonyl (C=O) groups is 1. The van der Waals surface area contributed by atoms with Crippen molar-refractivity contribution in [3.05, 3.63) is 42.2 Å². The molecule has 1 heterocycles. The lowest BCUT2D eigenvalue weighted by molar-refractivity contribution is -0.0591. The average Bonchev–Trinajstić information content (AvgIpc) is 2.34. The lowest BCUT2D eigenvalue weighted by atomic mass is 10.1. The van der Waals surface area contributed by atoms with E-state index in [1.54, 1.807) is 12.3 Å². The maximum Gasteiger partial charge on any atom is 0.293 e. The summed E-state index contributed by atoms with van der Waals surface area (Å²) in [5.41, 5.74) is 2.32. The minimum absolute atomic E-state index is 0.337. The van der Waals surface area contributed by atoms with Gasteiger partial charge in [0.1, 0.15) is 5.69 Å². The summed E-state index contributed by atoms with van der Waals surface area (Å²) < 4.78 is 0. The van der Waals surface area contributed by atoms with Crippen LogP contribution >= 0.6 is 0 Å². The number of hydrogen-bond donors (Lipinski definition) is 1. The Morgan fingerprint density at radius 2 is 1.89 bits per heavy atom. The van der Waals surface area contributed by atoms with Crippen molar-refractivity contribution in [1.82, 2.24) is 10.5 Å². The molecule has 4 heteroatoms. The largest absolute Gasteiger partial charge is 0.293 e. The molecular formula is C14H16N2O2. The van der Waals surface area contributed by atoms with Crippen molar-refractivity contribution >= 4 is 16.7 Å². The van der Waals surface area contributed by atoms with Crippen LogP contribution in [-0.2, 0) is 4.84 Å². The third kappa shape index (κ3) is 3.05. The van der Waals surface area contributed by atoms with Gasteiger partial charge in [0.05, 0.1) is 5.60 Å². The summed E-state index contributed by atoms with van der Waals surface area (Å²) in [4.78, 5) is 21.2. The van der Waals surface area contributed by atoms with E-state index in [2.05, 4.69) is 10.5 Å². The fourth-order valence-corrected chi connectivity index (χ4v) is 1.46. The third-order valence-corrected chi connectivity index (χ3v) is 2.31. The SMILES string of the molecule is CC(C)(C)ONC(=O)c1cc2ccccc2cn1. The summed E-state index contributed by atoms with van der Waals surface area (Å²) in [6.45, 7) is 5.59. The molecule has 1 aromatic carbocycles. The van der Waals surface area contributed by atoms with Gasteiger partial charge in [0, 0.05) is 11.6 Å². The molecule has 0 spiro atoms. The number of rotatable bonds is 2. The van der Waals surface area contributed by atoms with Gasteiger partial charge in [-0.2, -0.15) is 0 Å². The standard InChI is InChI=1S/C14H16N2O2/c1-14(2,3)18-16-13(17)12-8-10-6-4-5-7-11(10)9-15-12/h4-9H,1-3H3,(H,16,17). The zero-order chi connectivity index (χ0) is 13.2. The van der Waals surface area contributed by atoms with Gasteiger partial charge in [-0.25, -0.2) is 5.48 Å². The fraction of sp³-hybridized carbons (Fsp3) is 0.286. The number of hydrogen-bond acceptors (Lipinski definition) is 3. The summed E-state index contributed by atoms with van der Waals surface area (Å²) >= 11 is 0. The molecule has 0 aliphatic rings. The second-order valence-electron chi connectivity index (χ2n) is 5.06. The molecule has 1 N–H and O–H groups in total. The van der Waals surface area contributed by atoms with Crippen LogP contribution in [0.25, 0.3) is 10.8 Å². The molecular weight excluding hydrogens is 228 g/mol. The molecule has 0 unspecified atom stereocenters. The Kier molecular flexibility index (Phi) is 3.30. The second kappa shape index (κ2) is 4.74. The Morgan fingerprint density at radius 3 is 2.56 bits per heavy atom. The number of pyridine rings is 1. The number of nitrogens with zero attached hydrogens (tertiary/aromatic N) is 1. The van der Waals surface area contributed by atoms with Crippen LogP contribution in [-0.4, -0.2) is 16.5 Å². The highest BCUT2D eigenvalue weighted by Crippen LogP contribution is 2.13. The molecule has 0 radical (unpaired) electrons. The number of fused-ring (bicyclic) bond motifs is 1. The highest BCUT2D eigenvalue weighted by Gasteiger charge is 2.14. The van der Waals surface area contributed by atoms with Crippen molar-refractivity contribution in [3.8, 4) is 0 Å². The maximum absolute atomic E-state index is 11.8. The van der Waals surface area contributed by atoms with E-state index < -0.39 is 5.60 Å². The van der Waals surface area contributed by atoms with Crippen LogP contribution in [0.1, 0.15) is 31.3 Å². The molecule has 0 fully saturated rings. The zero-order valence-corrected chi connectivity index (χ0v) is 10.7. The molecule has 94 valence electrons. The summed E-state index contributed by atoms with van der Waals surface area (Å²) in [5, 5.41) is 1.99. The Morgan fingerprint density at radius 1 is 1.22 bits per heavy atom. The van der Waals surface area contributed by atoms with Crippen molar-refractivity contribution in [2.75, 3.05) is 0 Å². The van der Waals surface area contributed by atoms with Gasteiger partial charge in [0.25, 0.3) is 5.91 Å². The van der Waals surface area contributed by atoms with Crippen molar-refractivity contribution in [1.29, 1.82) is 0 Å². The first-order chi connectivity index (χ1) is 8.46. The van der Waals surface area contributed by atoms with E-state index in [0.29, 0.717) is 5.69 Å². The minimum atomic E-state index is -0.424. The Balaban J connectivity index is 2.18. The van der Waals surface area contributed by atoms with Crippen LogP contribution in [0.4, 0.5) is 0 Å². The molecule has 1 aromatic heterocycles. The highest BCUT2D eigenvalue weighted by molar-refractivity contribution is 5.95. The number of aromatic nitrogens is 1. The van der Waals surface area contributed by atoms with Crippen LogP contribution in [0.3, 0.4) is 0 Å². The van der Waals surface area contributed by atoms with E-state index in [4.69, 9.17) is 4.84 Å². The molecule has 0 saturated carbocycles. The van der Waals surface area contributed by atoms with E-state index >= 15 is 0 Å². The van der Waals surface area contributed by atoms with Crippen LogP contribution in [0, 0.1) is 0 Å². The van der Waals surface area contributed by atoms with Crippen molar-refractivity contribution in [2.45, 2.75) is 26.4 Å². The summed E-state index contributed by atoms with van der Waals surface area (Å²) in [7, 11) is 0. The maximum atomic E-state index is 11.8. The molecule has 0 aliphatic carbocycles. The molecule has 0 atom stereocenters. The third-order valence-electron chi connectivity index (χ3n) is 2.31. The highest BCUT2D eigenvalue weighted by atomic mass is 16.7. The number of amides is 1. The molecule has 2 aromatic rings. The van der Waals surface area contributed by atoms with Crippen molar-refractivity contribution in [3.63, 3.8) is 0 Å². The van der Waals surface area contributed by atoms with Gasteiger partial charge in [0.2, 0.25) is 0 Å². The molecule has 4 nitrogen and oxygen atoms in total. The van der Waals surface area contributed by atoms with E-state index in [-0.39, 0.29) is 5.91 Å². The number of benzene rings is 1. The first-order valence-corrected chi connectivity index (χ1v) is 5.79. The Bertz CT molecular complexity index is 573. The summed E-state index contributed by atoms with van der Waals surface area (Å²) in [5.74, 6) is -0.337. The molecule has 2 rings (SSSR count). The predicted octanol–water partition coefficient (Wildman–Crippen LogP) is 2.69. The van der Waals surface area contributed by atoms with Gasteiger partial charge in [-0.05, 0) is 32.2 Å².